The van der Waals surface area contributed by atoms with Gasteiger partial charge in [-0.25, -0.2) is 0 Å². The number of nitrogens with zero attached hydrogens (tertiary/aromatic N) is 2. The highest BCUT2D eigenvalue weighted by atomic mass is 79.9. The minimum atomic E-state index is -0.306. The number of hydrogen-bond acceptors (Lipinski definition) is 7. The number of rotatable bonds is 7. The molecule has 3 heterocycles. The summed E-state index contributed by atoms with van der Waals surface area (Å²) < 4.78 is 0.853. The first-order valence-corrected chi connectivity index (χ1v) is 14.0. The van der Waals surface area contributed by atoms with Crippen molar-refractivity contribution in [3.05, 3.63) is 75.2 Å². The number of hydrogen-bond donors (Lipinski definition) is 5. The molecule has 39 heavy (non-hydrogen) atoms. The largest absolute Gasteiger partial charge is 0.383 e. The van der Waals surface area contributed by atoms with E-state index in [0.717, 1.165) is 68.5 Å². The summed E-state index contributed by atoms with van der Waals surface area (Å²) in [6.45, 7) is 7.84. The van der Waals surface area contributed by atoms with Crippen molar-refractivity contribution in [1.29, 1.82) is 0 Å². The van der Waals surface area contributed by atoms with Gasteiger partial charge in [0.25, 0.3) is 5.91 Å². The molecule has 0 unspecified atom stereocenters. The van der Waals surface area contributed by atoms with Gasteiger partial charge in [0.15, 0.2) is 0 Å². The Balaban J connectivity index is 1.45. The zero-order valence-electron chi connectivity index (χ0n) is 22.3. The molecule has 0 bridgehead atoms. The number of halogens is 1. The van der Waals surface area contributed by atoms with Crippen LogP contribution in [-0.4, -0.2) is 28.5 Å². The molecule has 8 nitrogen and oxygen atoms in total. The number of fused-ring (bicyclic) bond motifs is 2. The standard InChI is InChI=1S/C30H32BrN7O/c1-5-17-13-32-27-22(26(17)34-16-30(2,3)4)11-19(12-23(27)31)35-28(24-15-38(37-36-24)20-9-10-20)21-8-6-7-18-14-33-29(39)25(18)21/h1,6-8,11-13,15,20,28,35-37H,9-10,14,16H2,2-4H3,(H,32,34)(H,33,39)/t28-/m0/s1. The summed E-state index contributed by atoms with van der Waals surface area (Å²) in [7, 11) is 0. The Morgan fingerprint density at radius 1 is 1.28 bits per heavy atom. The maximum atomic E-state index is 12.9. The Kier molecular flexibility index (Phi) is 6.40. The number of carbonyl (C=O) groups is 1. The van der Waals surface area contributed by atoms with E-state index in [2.05, 4.69) is 91.8 Å². The molecule has 2 aliphatic heterocycles. The summed E-state index contributed by atoms with van der Waals surface area (Å²) in [5.41, 5.74) is 13.6. The van der Waals surface area contributed by atoms with Crippen LogP contribution in [0.5, 0.6) is 0 Å². The van der Waals surface area contributed by atoms with Gasteiger partial charge in [-0.1, -0.05) is 44.9 Å². The van der Waals surface area contributed by atoms with Crippen LogP contribution in [0.2, 0.25) is 0 Å². The van der Waals surface area contributed by atoms with Gasteiger partial charge in [0.05, 0.1) is 28.5 Å². The molecule has 2 aromatic carbocycles. The van der Waals surface area contributed by atoms with E-state index >= 15 is 0 Å². The summed E-state index contributed by atoms with van der Waals surface area (Å²) in [5.74, 6) is 2.74. The highest BCUT2D eigenvalue weighted by Crippen LogP contribution is 2.38. The number of hydrazine groups is 2. The second-order valence-corrected chi connectivity index (χ2v) is 12.4. The first-order chi connectivity index (χ1) is 18.7. The monoisotopic (exact) mass is 585 g/mol. The fraction of sp³-hybridized carbons (Fsp3) is 0.333. The van der Waals surface area contributed by atoms with Crippen LogP contribution in [0.4, 0.5) is 11.4 Å². The zero-order valence-corrected chi connectivity index (χ0v) is 23.9. The van der Waals surface area contributed by atoms with Crippen LogP contribution in [-0.2, 0) is 6.54 Å². The van der Waals surface area contributed by atoms with Crippen LogP contribution >= 0.6 is 15.9 Å². The van der Waals surface area contributed by atoms with Gasteiger partial charge in [0.1, 0.15) is 0 Å². The SMILES string of the molecule is C#Cc1cnc2c(Br)cc(N[C@H](C3=CN(C4CC4)NN3)c3cccc4c3C(=O)NC4)cc2c1NCC(C)(C)C. The van der Waals surface area contributed by atoms with E-state index < -0.39 is 0 Å². The molecule has 1 atom stereocenters. The lowest BCUT2D eigenvalue weighted by Gasteiger charge is -2.24. The number of pyridine rings is 1. The van der Waals surface area contributed by atoms with Crippen molar-refractivity contribution < 1.29 is 4.79 Å². The molecule has 1 saturated carbocycles. The first kappa shape index (κ1) is 25.5. The van der Waals surface area contributed by atoms with E-state index in [9.17, 15) is 4.79 Å². The Morgan fingerprint density at radius 3 is 2.85 bits per heavy atom. The lowest BCUT2D eigenvalue weighted by atomic mass is 9.94. The molecule has 0 radical (unpaired) electrons. The van der Waals surface area contributed by atoms with E-state index in [4.69, 9.17) is 6.42 Å². The predicted octanol–water partition coefficient (Wildman–Crippen LogP) is 5.16. The van der Waals surface area contributed by atoms with E-state index in [1.54, 1.807) is 6.20 Å². The van der Waals surface area contributed by atoms with Crippen molar-refractivity contribution in [2.75, 3.05) is 17.2 Å². The number of aromatic nitrogens is 1. The van der Waals surface area contributed by atoms with Crippen molar-refractivity contribution in [2.45, 2.75) is 52.2 Å². The number of terminal acetylenes is 1. The quantitative estimate of drug-likeness (QED) is 0.244. The predicted molar refractivity (Wildman–Crippen MR) is 159 cm³/mol. The average Bonchev–Trinajstić information content (AvgIpc) is 3.52. The van der Waals surface area contributed by atoms with Gasteiger partial charge in [-0.15, -0.1) is 12.0 Å². The fourth-order valence-corrected chi connectivity index (χ4v) is 5.64. The second kappa shape index (κ2) is 9.78. The molecule has 6 rings (SSSR count). The molecule has 3 aliphatic rings. The normalized spacial score (nSPS) is 17.3. The molecule has 5 N–H and O–H groups in total. The van der Waals surface area contributed by atoms with Crippen molar-refractivity contribution in [3.63, 3.8) is 0 Å². The van der Waals surface area contributed by atoms with Crippen molar-refractivity contribution in [1.82, 2.24) is 26.3 Å². The van der Waals surface area contributed by atoms with Gasteiger partial charge < -0.3 is 21.4 Å². The van der Waals surface area contributed by atoms with Crippen LogP contribution < -0.4 is 26.9 Å². The van der Waals surface area contributed by atoms with Crippen molar-refractivity contribution >= 4 is 44.1 Å². The maximum absolute atomic E-state index is 12.9. The number of benzene rings is 2. The van der Waals surface area contributed by atoms with Crippen molar-refractivity contribution in [3.8, 4) is 12.3 Å². The Bertz CT molecular complexity index is 1550. The Hall–Kier alpha value is -3.74. The average molecular weight is 587 g/mol. The number of nitrogens with one attached hydrogen (secondary N) is 5. The highest BCUT2D eigenvalue weighted by Gasteiger charge is 2.34. The third kappa shape index (κ3) is 5.02. The van der Waals surface area contributed by atoms with E-state index in [-0.39, 0.29) is 17.4 Å². The van der Waals surface area contributed by atoms with Gasteiger partial charge >= 0.3 is 0 Å². The Labute approximate surface area is 237 Å². The van der Waals surface area contributed by atoms with E-state index in [1.807, 2.05) is 24.3 Å². The molecular weight excluding hydrogens is 554 g/mol. The molecule has 1 fully saturated rings. The number of carbonyl (C=O) groups excluding carboxylic acids is 1. The van der Waals surface area contributed by atoms with Gasteiger partial charge in [-0.3, -0.25) is 14.8 Å². The summed E-state index contributed by atoms with van der Waals surface area (Å²) in [6.07, 6.45) is 12.0. The summed E-state index contributed by atoms with van der Waals surface area (Å²) in [5, 5.41) is 13.3. The highest BCUT2D eigenvalue weighted by molar-refractivity contribution is 9.10. The third-order valence-corrected chi connectivity index (χ3v) is 7.81. The summed E-state index contributed by atoms with van der Waals surface area (Å²) in [4.78, 5) is 17.5. The van der Waals surface area contributed by atoms with Crippen molar-refractivity contribution in [2.24, 2.45) is 5.41 Å². The van der Waals surface area contributed by atoms with Gasteiger partial charge in [0.2, 0.25) is 0 Å². The lowest BCUT2D eigenvalue weighted by Crippen LogP contribution is -2.38. The molecule has 1 amide bonds. The Morgan fingerprint density at radius 2 is 2.10 bits per heavy atom. The maximum Gasteiger partial charge on any atom is 0.252 e. The van der Waals surface area contributed by atoms with Gasteiger partial charge in [-0.2, -0.15) is 0 Å². The van der Waals surface area contributed by atoms with E-state index in [1.165, 1.54) is 0 Å². The first-order valence-electron chi connectivity index (χ1n) is 13.2. The molecule has 1 aromatic heterocycles. The number of amides is 1. The fourth-order valence-electron chi connectivity index (χ4n) is 5.07. The molecule has 1 aliphatic carbocycles. The molecule has 9 heteroatoms. The lowest BCUT2D eigenvalue weighted by molar-refractivity contribution is 0.0965. The van der Waals surface area contributed by atoms with Gasteiger partial charge in [0, 0.05) is 52.6 Å². The molecule has 200 valence electrons. The zero-order chi connectivity index (χ0) is 27.3. The third-order valence-electron chi connectivity index (χ3n) is 7.21. The summed E-state index contributed by atoms with van der Waals surface area (Å²) >= 11 is 3.75. The topological polar surface area (TPSA) is 93.4 Å². The van der Waals surface area contributed by atoms with Crippen LogP contribution in [0.15, 0.2) is 52.9 Å². The van der Waals surface area contributed by atoms with Crippen LogP contribution in [0.1, 0.15) is 66.7 Å². The minimum absolute atomic E-state index is 0.0470. The minimum Gasteiger partial charge on any atom is -0.383 e. The summed E-state index contributed by atoms with van der Waals surface area (Å²) in [6, 6.07) is 10.3. The van der Waals surface area contributed by atoms with Crippen LogP contribution in [0.3, 0.4) is 0 Å². The smallest absolute Gasteiger partial charge is 0.252 e. The van der Waals surface area contributed by atoms with Gasteiger partial charge in [-0.05, 0) is 57.4 Å². The van der Waals surface area contributed by atoms with E-state index in [0.29, 0.717) is 18.2 Å². The van der Waals surface area contributed by atoms with Crippen LogP contribution in [0.25, 0.3) is 10.9 Å². The molecule has 3 aromatic rings. The number of anilines is 2. The molecular formula is C30H32BrN7O. The molecule has 0 spiro atoms. The second-order valence-electron chi connectivity index (χ2n) is 11.6. The van der Waals surface area contributed by atoms with Crippen LogP contribution in [0, 0.1) is 17.8 Å². The molecule has 0 saturated heterocycles.